The quantitative estimate of drug-likeness (QED) is 0.888. The lowest BCUT2D eigenvalue weighted by molar-refractivity contribution is -0.120. The molecule has 20 heavy (non-hydrogen) atoms. The number of nitrogens with zero attached hydrogens (tertiary/aromatic N) is 1. The summed E-state index contributed by atoms with van der Waals surface area (Å²) < 4.78 is 1.01. The van der Waals surface area contributed by atoms with Crippen LogP contribution in [0.15, 0.2) is 22.7 Å². The van der Waals surface area contributed by atoms with Crippen LogP contribution in [0.2, 0.25) is 0 Å². The Morgan fingerprint density at radius 2 is 2.15 bits per heavy atom. The number of carbonyl (C=O) groups excluding carboxylic acids is 1. The maximum atomic E-state index is 12.0. The predicted octanol–water partition coefficient (Wildman–Crippen LogP) is 3.12. The van der Waals surface area contributed by atoms with Gasteiger partial charge < -0.3 is 10.6 Å². The minimum atomic E-state index is -0.645. The largest absolute Gasteiger partial charge is 0.376 e. The van der Waals surface area contributed by atoms with E-state index in [0.29, 0.717) is 0 Å². The molecule has 0 bridgehead atoms. The second-order valence-corrected chi connectivity index (χ2v) is 6.18. The third-order valence-electron chi connectivity index (χ3n) is 3.68. The number of hydrogen-bond donors (Lipinski definition) is 2. The molecule has 0 atom stereocenters. The highest BCUT2D eigenvalue weighted by molar-refractivity contribution is 9.10. The van der Waals surface area contributed by atoms with Crippen LogP contribution < -0.4 is 10.6 Å². The van der Waals surface area contributed by atoms with E-state index < -0.39 is 5.54 Å². The first-order chi connectivity index (χ1) is 9.54. The fourth-order valence-electron chi connectivity index (χ4n) is 2.56. The van der Waals surface area contributed by atoms with E-state index in [0.717, 1.165) is 41.4 Å². The van der Waals surface area contributed by atoms with Gasteiger partial charge in [0.15, 0.2) is 0 Å². The number of amides is 1. The third-order valence-corrected chi connectivity index (χ3v) is 4.17. The van der Waals surface area contributed by atoms with Crippen molar-refractivity contribution in [1.29, 1.82) is 5.26 Å². The molecule has 0 radical (unpaired) electrons. The zero-order chi connectivity index (χ0) is 14.6. The zero-order valence-electron chi connectivity index (χ0n) is 11.5. The molecule has 1 aliphatic rings. The van der Waals surface area contributed by atoms with Crippen LogP contribution in [0, 0.1) is 18.3 Å². The van der Waals surface area contributed by atoms with Crippen molar-refractivity contribution in [2.45, 2.75) is 38.1 Å². The minimum absolute atomic E-state index is 0.129. The molecule has 2 N–H and O–H groups in total. The van der Waals surface area contributed by atoms with Crippen LogP contribution in [0.5, 0.6) is 0 Å². The van der Waals surface area contributed by atoms with E-state index in [9.17, 15) is 10.1 Å². The summed E-state index contributed by atoms with van der Waals surface area (Å²) in [7, 11) is 0. The van der Waals surface area contributed by atoms with Crippen LogP contribution in [-0.4, -0.2) is 18.0 Å². The number of nitrogens with one attached hydrogen (secondary N) is 2. The standard InChI is InChI=1S/C15H18BrN3O/c1-11-8-12(16)4-5-13(11)18-9-14(20)19-15(10-17)6-2-3-7-15/h4-5,8,18H,2-3,6-7,9H2,1H3,(H,19,20). The van der Waals surface area contributed by atoms with Gasteiger partial charge >= 0.3 is 0 Å². The lowest BCUT2D eigenvalue weighted by Gasteiger charge is -2.22. The lowest BCUT2D eigenvalue weighted by atomic mass is 10.00. The molecule has 106 valence electrons. The molecule has 2 rings (SSSR count). The number of aryl methyl sites for hydroxylation is 1. The van der Waals surface area contributed by atoms with E-state index >= 15 is 0 Å². The molecule has 1 fully saturated rings. The molecular weight excluding hydrogens is 318 g/mol. The Morgan fingerprint density at radius 1 is 1.45 bits per heavy atom. The van der Waals surface area contributed by atoms with Crippen molar-refractivity contribution in [2.24, 2.45) is 0 Å². The van der Waals surface area contributed by atoms with E-state index in [1.807, 2.05) is 25.1 Å². The maximum absolute atomic E-state index is 12.0. The molecule has 1 amide bonds. The number of rotatable bonds is 4. The van der Waals surface area contributed by atoms with E-state index in [1.165, 1.54) is 0 Å². The van der Waals surface area contributed by atoms with Gasteiger partial charge in [-0.25, -0.2) is 0 Å². The van der Waals surface area contributed by atoms with Gasteiger partial charge in [-0.1, -0.05) is 15.9 Å². The van der Waals surface area contributed by atoms with Gasteiger partial charge in [-0.2, -0.15) is 5.26 Å². The summed E-state index contributed by atoms with van der Waals surface area (Å²) in [5.74, 6) is -0.129. The molecule has 0 spiro atoms. The fourth-order valence-corrected chi connectivity index (χ4v) is 3.03. The highest BCUT2D eigenvalue weighted by Gasteiger charge is 2.35. The van der Waals surface area contributed by atoms with Crippen LogP contribution in [-0.2, 0) is 4.79 Å². The Labute approximate surface area is 127 Å². The third kappa shape index (κ3) is 3.51. The van der Waals surface area contributed by atoms with Crippen LogP contribution in [0.1, 0.15) is 31.2 Å². The minimum Gasteiger partial charge on any atom is -0.376 e. The maximum Gasteiger partial charge on any atom is 0.240 e. The van der Waals surface area contributed by atoms with Crippen LogP contribution in [0.4, 0.5) is 5.69 Å². The molecule has 5 heteroatoms. The number of benzene rings is 1. The summed E-state index contributed by atoms with van der Waals surface area (Å²) in [6.45, 7) is 2.17. The van der Waals surface area contributed by atoms with Crippen molar-refractivity contribution in [3.8, 4) is 6.07 Å². The first kappa shape index (κ1) is 14.9. The Bertz CT molecular complexity index is 545. The Balaban J connectivity index is 1.91. The average Bonchev–Trinajstić information content (AvgIpc) is 2.87. The number of halogens is 1. The highest BCUT2D eigenvalue weighted by Crippen LogP contribution is 2.28. The number of nitriles is 1. The molecule has 0 unspecified atom stereocenters. The van der Waals surface area contributed by atoms with Gasteiger partial charge in [-0.3, -0.25) is 4.79 Å². The summed E-state index contributed by atoms with van der Waals surface area (Å²) in [5.41, 5.74) is 1.36. The van der Waals surface area contributed by atoms with Crippen molar-refractivity contribution in [2.75, 3.05) is 11.9 Å². The number of carbonyl (C=O) groups is 1. The fraction of sp³-hybridized carbons (Fsp3) is 0.467. The first-order valence-corrected chi connectivity index (χ1v) is 7.56. The Kier molecular flexibility index (Phi) is 4.66. The Morgan fingerprint density at radius 3 is 2.75 bits per heavy atom. The molecule has 1 aliphatic carbocycles. The van der Waals surface area contributed by atoms with Crippen molar-refractivity contribution in [1.82, 2.24) is 5.32 Å². The monoisotopic (exact) mass is 335 g/mol. The van der Waals surface area contributed by atoms with Crippen molar-refractivity contribution in [3.63, 3.8) is 0 Å². The predicted molar refractivity (Wildman–Crippen MR) is 82.3 cm³/mol. The summed E-state index contributed by atoms with van der Waals surface area (Å²) in [6.07, 6.45) is 3.53. The van der Waals surface area contributed by atoms with Gasteiger partial charge in [-0.15, -0.1) is 0 Å². The molecular formula is C15H18BrN3O. The van der Waals surface area contributed by atoms with Crippen molar-refractivity contribution in [3.05, 3.63) is 28.2 Å². The van der Waals surface area contributed by atoms with Crippen molar-refractivity contribution >= 4 is 27.5 Å². The molecule has 0 aliphatic heterocycles. The average molecular weight is 336 g/mol. The van der Waals surface area contributed by atoms with Gasteiger partial charge in [0, 0.05) is 10.2 Å². The smallest absolute Gasteiger partial charge is 0.240 e. The summed E-state index contributed by atoms with van der Waals surface area (Å²) in [4.78, 5) is 12.0. The topological polar surface area (TPSA) is 64.9 Å². The van der Waals surface area contributed by atoms with Crippen LogP contribution in [0.25, 0.3) is 0 Å². The van der Waals surface area contributed by atoms with Gasteiger partial charge in [0.1, 0.15) is 5.54 Å². The number of hydrogen-bond acceptors (Lipinski definition) is 3. The van der Waals surface area contributed by atoms with Gasteiger partial charge in [0.05, 0.1) is 12.6 Å². The second kappa shape index (κ2) is 6.27. The molecule has 0 heterocycles. The second-order valence-electron chi connectivity index (χ2n) is 5.26. The molecule has 0 saturated heterocycles. The number of anilines is 1. The zero-order valence-corrected chi connectivity index (χ0v) is 13.1. The lowest BCUT2D eigenvalue weighted by Crippen LogP contribution is -2.47. The summed E-state index contributed by atoms with van der Waals surface area (Å²) >= 11 is 3.41. The van der Waals surface area contributed by atoms with E-state index in [1.54, 1.807) is 0 Å². The van der Waals surface area contributed by atoms with Crippen LogP contribution in [0.3, 0.4) is 0 Å². The van der Waals surface area contributed by atoms with E-state index in [2.05, 4.69) is 32.6 Å². The van der Waals surface area contributed by atoms with Gasteiger partial charge in [0.2, 0.25) is 5.91 Å². The molecule has 1 aromatic rings. The highest BCUT2D eigenvalue weighted by atomic mass is 79.9. The van der Waals surface area contributed by atoms with Crippen molar-refractivity contribution < 1.29 is 4.79 Å². The molecule has 4 nitrogen and oxygen atoms in total. The SMILES string of the molecule is Cc1cc(Br)ccc1NCC(=O)NC1(C#N)CCCC1. The first-order valence-electron chi connectivity index (χ1n) is 6.77. The van der Waals surface area contributed by atoms with Gasteiger partial charge in [-0.05, 0) is 56.4 Å². The van der Waals surface area contributed by atoms with E-state index in [-0.39, 0.29) is 12.5 Å². The molecule has 0 aromatic heterocycles. The Hall–Kier alpha value is -1.54. The van der Waals surface area contributed by atoms with E-state index in [4.69, 9.17) is 0 Å². The summed E-state index contributed by atoms with van der Waals surface area (Å²) in [5, 5.41) is 15.2. The van der Waals surface area contributed by atoms with Crippen LogP contribution >= 0.6 is 15.9 Å². The molecule has 1 aromatic carbocycles. The van der Waals surface area contributed by atoms with Gasteiger partial charge in [0.25, 0.3) is 0 Å². The summed E-state index contributed by atoms with van der Waals surface area (Å²) in [6, 6.07) is 8.12. The normalized spacial score (nSPS) is 16.4. The molecule has 1 saturated carbocycles.